The Labute approximate surface area is 94.4 Å². The molecule has 1 N–H and O–H groups in total. The number of carbonyl (C=O) groups is 2. The van der Waals surface area contributed by atoms with Gasteiger partial charge in [-0.15, -0.1) is 0 Å². The standard InChI is InChI=1S/C11H16N2O3/c1-11(2,10(15)16-4)12-9(14)8-6-5-7-13(8)3/h5-7H,1-4H3,(H,12,14). The molecule has 1 aromatic rings. The first-order chi connectivity index (χ1) is 7.38. The Morgan fingerprint density at radius 1 is 1.44 bits per heavy atom. The van der Waals surface area contributed by atoms with Crippen molar-refractivity contribution in [1.82, 2.24) is 9.88 Å². The lowest BCUT2D eigenvalue weighted by Gasteiger charge is -2.23. The summed E-state index contributed by atoms with van der Waals surface area (Å²) < 4.78 is 6.29. The van der Waals surface area contributed by atoms with Crippen molar-refractivity contribution in [3.05, 3.63) is 24.0 Å². The molecule has 88 valence electrons. The first kappa shape index (κ1) is 12.3. The van der Waals surface area contributed by atoms with Crippen molar-refractivity contribution in [1.29, 1.82) is 0 Å². The number of ether oxygens (including phenoxy) is 1. The van der Waals surface area contributed by atoms with Gasteiger partial charge in [-0.1, -0.05) is 0 Å². The van der Waals surface area contributed by atoms with E-state index in [2.05, 4.69) is 10.1 Å². The number of esters is 1. The van der Waals surface area contributed by atoms with E-state index in [9.17, 15) is 9.59 Å². The Morgan fingerprint density at radius 2 is 2.06 bits per heavy atom. The van der Waals surface area contributed by atoms with Crippen LogP contribution in [0.4, 0.5) is 0 Å². The molecule has 0 aliphatic carbocycles. The van der Waals surface area contributed by atoms with Crippen molar-refractivity contribution >= 4 is 11.9 Å². The molecule has 1 aromatic heterocycles. The highest BCUT2D eigenvalue weighted by Gasteiger charge is 2.31. The van der Waals surface area contributed by atoms with E-state index in [0.717, 1.165) is 0 Å². The van der Waals surface area contributed by atoms with Gasteiger partial charge in [0.1, 0.15) is 11.2 Å². The second-order valence-corrected chi connectivity index (χ2v) is 4.08. The number of nitrogens with one attached hydrogen (secondary N) is 1. The zero-order chi connectivity index (χ0) is 12.3. The van der Waals surface area contributed by atoms with Crippen molar-refractivity contribution in [2.24, 2.45) is 7.05 Å². The van der Waals surface area contributed by atoms with Crippen molar-refractivity contribution in [3.63, 3.8) is 0 Å². The van der Waals surface area contributed by atoms with Crippen molar-refractivity contribution in [2.75, 3.05) is 7.11 Å². The lowest BCUT2D eigenvalue weighted by Crippen LogP contribution is -2.50. The molecular formula is C11H16N2O3. The predicted octanol–water partition coefficient (Wildman–Crippen LogP) is 0.706. The number of amides is 1. The van der Waals surface area contributed by atoms with Crippen LogP contribution < -0.4 is 5.32 Å². The van der Waals surface area contributed by atoms with E-state index in [4.69, 9.17) is 0 Å². The Hall–Kier alpha value is -1.78. The number of aryl methyl sites for hydroxylation is 1. The molecule has 0 aliphatic heterocycles. The van der Waals surface area contributed by atoms with Gasteiger partial charge in [-0.3, -0.25) is 4.79 Å². The third kappa shape index (κ3) is 2.42. The van der Waals surface area contributed by atoms with Gasteiger partial charge in [0, 0.05) is 13.2 Å². The third-order valence-electron chi connectivity index (χ3n) is 2.30. The topological polar surface area (TPSA) is 60.3 Å². The number of nitrogens with zero attached hydrogens (tertiary/aromatic N) is 1. The lowest BCUT2D eigenvalue weighted by atomic mass is 10.1. The van der Waals surface area contributed by atoms with Crippen LogP contribution in [0, 0.1) is 0 Å². The minimum atomic E-state index is -1.03. The molecule has 5 heteroatoms. The van der Waals surface area contributed by atoms with Gasteiger partial charge in [0.15, 0.2) is 0 Å². The maximum atomic E-state index is 11.8. The fourth-order valence-electron chi connectivity index (χ4n) is 1.35. The number of rotatable bonds is 3. The van der Waals surface area contributed by atoms with Gasteiger partial charge >= 0.3 is 5.97 Å². The van der Waals surface area contributed by atoms with Crippen molar-refractivity contribution in [2.45, 2.75) is 19.4 Å². The molecule has 0 atom stereocenters. The first-order valence-corrected chi connectivity index (χ1v) is 4.90. The summed E-state index contributed by atoms with van der Waals surface area (Å²) >= 11 is 0. The Morgan fingerprint density at radius 3 is 2.50 bits per heavy atom. The largest absolute Gasteiger partial charge is 0.467 e. The van der Waals surface area contributed by atoms with Crippen LogP contribution in [-0.2, 0) is 16.6 Å². The van der Waals surface area contributed by atoms with E-state index in [1.165, 1.54) is 7.11 Å². The second kappa shape index (κ2) is 4.38. The van der Waals surface area contributed by atoms with Gasteiger partial charge < -0.3 is 14.6 Å². The quantitative estimate of drug-likeness (QED) is 0.769. The highest BCUT2D eigenvalue weighted by Crippen LogP contribution is 2.07. The molecule has 1 rings (SSSR count). The number of carbonyl (C=O) groups excluding carboxylic acids is 2. The molecule has 16 heavy (non-hydrogen) atoms. The van der Waals surface area contributed by atoms with Crippen LogP contribution >= 0.6 is 0 Å². The molecule has 0 bridgehead atoms. The number of hydrogen-bond acceptors (Lipinski definition) is 3. The smallest absolute Gasteiger partial charge is 0.330 e. The number of hydrogen-bond donors (Lipinski definition) is 1. The highest BCUT2D eigenvalue weighted by molar-refractivity contribution is 5.96. The van der Waals surface area contributed by atoms with E-state index in [-0.39, 0.29) is 5.91 Å². The average molecular weight is 224 g/mol. The van der Waals surface area contributed by atoms with E-state index < -0.39 is 11.5 Å². The van der Waals surface area contributed by atoms with Gasteiger partial charge in [-0.2, -0.15) is 0 Å². The number of methoxy groups -OCH3 is 1. The zero-order valence-corrected chi connectivity index (χ0v) is 9.90. The van der Waals surface area contributed by atoms with E-state index >= 15 is 0 Å². The molecule has 0 saturated heterocycles. The fourth-order valence-corrected chi connectivity index (χ4v) is 1.35. The van der Waals surface area contributed by atoms with Crippen LogP contribution in [0.2, 0.25) is 0 Å². The summed E-state index contributed by atoms with van der Waals surface area (Å²) in [6, 6.07) is 3.45. The third-order valence-corrected chi connectivity index (χ3v) is 2.30. The van der Waals surface area contributed by atoms with E-state index in [0.29, 0.717) is 5.69 Å². The second-order valence-electron chi connectivity index (χ2n) is 4.08. The van der Waals surface area contributed by atoms with E-state index in [1.54, 1.807) is 43.8 Å². The molecule has 0 aromatic carbocycles. The molecule has 0 aliphatic rings. The summed E-state index contributed by atoms with van der Waals surface area (Å²) in [7, 11) is 3.05. The van der Waals surface area contributed by atoms with Gasteiger partial charge in [-0.05, 0) is 26.0 Å². The minimum absolute atomic E-state index is 0.303. The van der Waals surface area contributed by atoms with E-state index in [1.807, 2.05) is 0 Å². The molecule has 0 fully saturated rings. The molecule has 0 radical (unpaired) electrons. The van der Waals surface area contributed by atoms with Gasteiger partial charge in [0.05, 0.1) is 7.11 Å². The summed E-state index contributed by atoms with van der Waals surface area (Å²) in [4.78, 5) is 23.2. The molecule has 1 heterocycles. The van der Waals surface area contributed by atoms with Gasteiger partial charge in [0.2, 0.25) is 0 Å². The Bertz CT molecular complexity index is 407. The number of aromatic nitrogens is 1. The van der Waals surface area contributed by atoms with Gasteiger partial charge in [0.25, 0.3) is 5.91 Å². The molecule has 0 unspecified atom stereocenters. The maximum Gasteiger partial charge on any atom is 0.330 e. The van der Waals surface area contributed by atoms with Crippen LogP contribution in [0.25, 0.3) is 0 Å². The Balaban J connectivity index is 2.79. The summed E-state index contributed by atoms with van der Waals surface area (Å²) in [5, 5.41) is 2.62. The predicted molar refractivity (Wildman–Crippen MR) is 59.0 cm³/mol. The fraction of sp³-hybridized carbons (Fsp3) is 0.455. The van der Waals surface area contributed by atoms with Crippen LogP contribution in [0.3, 0.4) is 0 Å². The summed E-state index contributed by atoms with van der Waals surface area (Å²) in [5.41, 5.74) is -0.534. The summed E-state index contributed by atoms with van der Waals surface area (Å²) in [6.07, 6.45) is 1.76. The summed E-state index contributed by atoms with van der Waals surface area (Å²) in [6.45, 7) is 3.19. The normalized spacial score (nSPS) is 11.0. The van der Waals surface area contributed by atoms with Crippen LogP contribution in [0.1, 0.15) is 24.3 Å². The minimum Gasteiger partial charge on any atom is -0.467 e. The average Bonchev–Trinajstić information content (AvgIpc) is 2.62. The lowest BCUT2D eigenvalue weighted by molar-refractivity contribution is -0.146. The first-order valence-electron chi connectivity index (χ1n) is 4.90. The Kier molecular flexibility index (Phi) is 3.37. The maximum absolute atomic E-state index is 11.8. The molecule has 1 amide bonds. The van der Waals surface area contributed by atoms with Crippen molar-refractivity contribution < 1.29 is 14.3 Å². The molecule has 5 nitrogen and oxygen atoms in total. The van der Waals surface area contributed by atoms with Gasteiger partial charge in [-0.25, -0.2) is 4.79 Å². The van der Waals surface area contributed by atoms with Crippen LogP contribution in [0.5, 0.6) is 0 Å². The van der Waals surface area contributed by atoms with Crippen LogP contribution in [-0.4, -0.2) is 29.1 Å². The molecule has 0 spiro atoms. The van der Waals surface area contributed by atoms with Crippen LogP contribution in [0.15, 0.2) is 18.3 Å². The summed E-state index contributed by atoms with van der Waals surface area (Å²) in [5.74, 6) is -0.780. The van der Waals surface area contributed by atoms with Crippen molar-refractivity contribution in [3.8, 4) is 0 Å². The molecule has 0 saturated carbocycles. The SMILES string of the molecule is COC(=O)C(C)(C)NC(=O)c1cccn1C. The zero-order valence-electron chi connectivity index (χ0n) is 9.90. The highest BCUT2D eigenvalue weighted by atomic mass is 16.5. The monoisotopic (exact) mass is 224 g/mol. The molecular weight excluding hydrogens is 208 g/mol.